The maximum atomic E-state index is 14.3. The molecule has 4 fully saturated rings. The number of rotatable bonds is 12. The lowest BCUT2D eigenvalue weighted by molar-refractivity contribution is -0.386. The Morgan fingerprint density at radius 3 is 1.55 bits per heavy atom. The molecule has 4 aromatic carbocycles. The van der Waals surface area contributed by atoms with Crippen LogP contribution in [0.2, 0.25) is 18.1 Å². The van der Waals surface area contributed by atoms with Gasteiger partial charge in [-0.25, -0.2) is 9.59 Å². The Balaban J connectivity index is 1.21. The first kappa shape index (κ1) is 44.7. The van der Waals surface area contributed by atoms with Crippen LogP contribution in [0.5, 0.6) is 0 Å². The summed E-state index contributed by atoms with van der Waals surface area (Å²) in [5.41, 5.74) is 1.64. The van der Waals surface area contributed by atoms with E-state index in [2.05, 4.69) is 33.9 Å². The highest BCUT2D eigenvalue weighted by Crippen LogP contribution is 2.45. The first-order valence-corrected chi connectivity index (χ1v) is 25.3. The van der Waals surface area contributed by atoms with E-state index in [0.29, 0.717) is 16.9 Å². The lowest BCUT2D eigenvalue weighted by atomic mass is 9.95. The molecule has 12 atom stereocenters. The van der Waals surface area contributed by atoms with Gasteiger partial charge >= 0.3 is 11.9 Å². The first-order valence-electron chi connectivity index (χ1n) is 21.3. The summed E-state index contributed by atoms with van der Waals surface area (Å²) in [6.45, 7) is 13.0. The predicted octanol–water partition coefficient (Wildman–Crippen LogP) is 8.64. The van der Waals surface area contributed by atoms with Crippen molar-refractivity contribution in [3.8, 4) is 0 Å². The van der Waals surface area contributed by atoms with Gasteiger partial charge in [-0.2, -0.15) is 0 Å². The highest BCUT2D eigenvalue weighted by molar-refractivity contribution is 7.99. The third kappa shape index (κ3) is 9.90. The molecule has 330 valence electrons. The van der Waals surface area contributed by atoms with Crippen LogP contribution in [0.15, 0.2) is 121 Å². The molecule has 4 aromatic rings. The van der Waals surface area contributed by atoms with Crippen LogP contribution in [-0.4, -0.2) is 99.8 Å². The topological polar surface area (TPSA) is 126 Å². The minimum Gasteiger partial charge on any atom is -0.452 e. The van der Waals surface area contributed by atoms with Crippen LogP contribution >= 0.6 is 11.8 Å². The maximum Gasteiger partial charge on any atom is 0.338 e. The smallest absolute Gasteiger partial charge is 0.338 e. The van der Waals surface area contributed by atoms with Crippen LogP contribution in [0, 0.1) is 0 Å². The van der Waals surface area contributed by atoms with Gasteiger partial charge in [0.05, 0.1) is 24.3 Å². The molecule has 0 aromatic heterocycles. The van der Waals surface area contributed by atoms with E-state index in [1.165, 1.54) is 11.8 Å². The van der Waals surface area contributed by atoms with Gasteiger partial charge in [-0.1, -0.05) is 125 Å². The van der Waals surface area contributed by atoms with Crippen LogP contribution in [-0.2, 0) is 47.1 Å². The van der Waals surface area contributed by atoms with Crippen molar-refractivity contribution in [1.82, 2.24) is 0 Å². The standard InChI is InChI=1S/C48H56O12SSi/c1-7-61-47-41(56-43(50)31-22-14-9-15-23-31)38(36-35(54-47)29-52-44(57-36)32-24-16-10-17-25-32)59-46-40(55-42(49)30-20-12-8-13-21-30)39(60-62(5,6)48(2,3)4)37-34(53-46)28-51-45(58-37)33-26-18-11-19-27-33/h8-27,34-41,44-47H,7,28-29H2,1-6H3/t34-,35-,36-,37-,38+,39+,40-,41-,44?,45?,46+,47+/m1/s1. The van der Waals surface area contributed by atoms with Crippen LogP contribution in [0.4, 0.5) is 0 Å². The number of benzene rings is 4. The summed E-state index contributed by atoms with van der Waals surface area (Å²) in [7, 11) is -2.65. The molecule has 0 spiro atoms. The second-order valence-electron chi connectivity index (χ2n) is 17.3. The molecule has 0 aliphatic carbocycles. The van der Waals surface area contributed by atoms with Crippen molar-refractivity contribution in [3.63, 3.8) is 0 Å². The van der Waals surface area contributed by atoms with Gasteiger partial charge in [-0.05, 0) is 48.2 Å². The van der Waals surface area contributed by atoms with Gasteiger partial charge in [0.15, 0.2) is 39.4 Å². The predicted molar refractivity (Wildman–Crippen MR) is 234 cm³/mol. The molecule has 14 heteroatoms. The minimum atomic E-state index is -2.65. The average Bonchev–Trinajstić information content (AvgIpc) is 3.29. The van der Waals surface area contributed by atoms with Gasteiger partial charge in [-0.3, -0.25) is 0 Å². The number of fused-ring (bicyclic) bond motifs is 2. The molecule has 0 saturated carbocycles. The van der Waals surface area contributed by atoms with Crippen molar-refractivity contribution >= 4 is 32.0 Å². The summed E-state index contributed by atoms with van der Waals surface area (Å²) < 4.78 is 67.2. The van der Waals surface area contributed by atoms with Gasteiger partial charge in [0.2, 0.25) is 0 Å². The van der Waals surface area contributed by atoms with E-state index in [-0.39, 0.29) is 18.3 Å². The fourth-order valence-electron chi connectivity index (χ4n) is 7.80. The number of hydrogen-bond acceptors (Lipinski definition) is 13. The second kappa shape index (κ2) is 19.4. The van der Waals surface area contributed by atoms with Gasteiger partial charge in [0.25, 0.3) is 0 Å². The highest BCUT2D eigenvalue weighted by atomic mass is 32.2. The average molecular weight is 885 g/mol. The number of hydrogen-bond donors (Lipinski definition) is 0. The number of esters is 2. The van der Waals surface area contributed by atoms with E-state index < -0.39 is 93.4 Å². The third-order valence-corrected chi connectivity index (χ3v) is 17.6. The van der Waals surface area contributed by atoms with Crippen LogP contribution in [0.3, 0.4) is 0 Å². The van der Waals surface area contributed by atoms with Crippen molar-refractivity contribution in [2.75, 3.05) is 19.0 Å². The first-order chi connectivity index (χ1) is 29.9. The number of carbonyl (C=O) groups is 2. The number of ether oxygens (including phenoxy) is 9. The number of thioether (sulfide) groups is 1. The summed E-state index contributed by atoms with van der Waals surface area (Å²) in [5.74, 6) is -0.510. The summed E-state index contributed by atoms with van der Waals surface area (Å²) in [6.07, 6.45) is -9.79. The van der Waals surface area contributed by atoms with Gasteiger partial charge in [0.1, 0.15) is 42.1 Å². The maximum absolute atomic E-state index is 14.3. The van der Waals surface area contributed by atoms with Crippen LogP contribution in [0.25, 0.3) is 0 Å². The van der Waals surface area contributed by atoms with Gasteiger partial charge in [-0.15, -0.1) is 11.8 Å². The molecule has 0 bridgehead atoms. The van der Waals surface area contributed by atoms with Gasteiger partial charge in [0, 0.05) is 11.1 Å². The van der Waals surface area contributed by atoms with Crippen molar-refractivity contribution < 1.29 is 56.6 Å². The molecular formula is C48H56O12SSi. The summed E-state index contributed by atoms with van der Waals surface area (Å²) >= 11 is 1.48. The molecule has 0 radical (unpaired) electrons. The molecule has 4 aliphatic rings. The largest absolute Gasteiger partial charge is 0.452 e. The van der Waals surface area contributed by atoms with E-state index in [1.54, 1.807) is 48.5 Å². The van der Waals surface area contributed by atoms with Crippen molar-refractivity contribution in [2.45, 2.75) is 119 Å². The Kier molecular flexibility index (Phi) is 14.0. The highest BCUT2D eigenvalue weighted by Gasteiger charge is 2.59. The summed E-state index contributed by atoms with van der Waals surface area (Å²) in [5, 5.41) is -0.243. The summed E-state index contributed by atoms with van der Waals surface area (Å²) in [6, 6.07) is 36.8. The zero-order valence-electron chi connectivity index (χ0n) is 35.9. The molecule has 4 saturated heterocycles. The molecule has 0 amide bonds. The molecule has 8 rings (SSSR count). The Hall–Kier alpha value is -3.93. The molecule has 4 heterocycles. The molecule has 0 N–H and O–H groups in total. The Labute approximate surface area is 368 Å². The Morgan fingerprint density at radius 2 is 1.06 bits per heavy atom. The fourth-order valence-corrected chi connectivity index (χ4v) is 10.1. The van der Waals surface area contributed by atoms with E-state index in [4.69, 9.17) is 47.1 Å². The minimum absolute atomic E-state index is 0.127. The Morgan fingerprint density at radius 1 is 0.613 bits per heavy atom. The molecule has 62 heavy (non-hydrogen) atoms. The third-order valence-electron chi connectivity index (χ3n) is 12.1. The lowest BCUT2D eigenvalue weighted by Crippen LogP contribution is -2.69. The summed E-state index contributed by atoms with van der Waals surface area (Å²) in [4.78, 5) is 28.3. The van der Waals surface area contributed by atoms with Crippen LogP contribution in [0.1, 0.15) is 72.1 Å². The molecule has 12 nitrogen and oxygen atoms in total. The quantitative estimate of drug-likeness (QED) is 0.0997. The fraction of sp³-hybridized carbons (Fsp3) is 0.458. The molecule has 4 aliphatic heterocycles. The monoisotopic (exact) mass is 884 g/mol. The van der Waals surface area contributed by atoms with Crippen molar-refractivity contribution in [3.05, 3.63) is 144 Å². The van der Waals surface area contributed by atoms with Crippen molar-refractivity contribution in [2.24, 2.45) is 0 Å². The molecule has 2 unspecified atom stereocenters. The number of carbonyl (C=O) groups excluding carboxylic acids is 2. The van der Waals surface area contributed by atoms with Crippen LogP contribution < -0.4 is 0 Å². The van der Waals surface area contributed by atoms with E-state index in [1.807, 2.05) is 79.7 Å². The SMILES string of the molecule is CCS[C@@H]1O[C@@H]2COC(c3ccccc3)O[C@H]2[C@H](O[C@@H]2O[C@@H]3COC(c4ccccc4)O[C@H]3[C@H](O[Si](C)(C)C(C)(C)C)[C@H]2OC(=O)c2ccccc2)[C@H]1OC(=O)c1ccccc1. The lowest BCUT2D eigenvalue weighted by Gasteiger charge is -2.53. The van der Waals surface area contributed by atoms with Gasteiger partial charge < -0.3 is 47.1 Å². The second-order valence-corrected chi connectivity index (χ2v) is 23.4. The zero-order valence-corrected chi connectivity index (χ0v) is 37.7. The molecular weight excluding hydrogens is 829 g/mol. The van der Waals surface area contributed by atoms with E-state index >= 15 is 0 Å². The van der Waals surface area contributed by atoms with Crippen molar-refractivity contribution in [1.29, 1.82) is 0 Å². The zero-order chi connectivity index (χ0) is 43.4. The van der Waals surface area contributed by atoms with E-state index in [0.717, 1.165) is 11.1 Å². The Bertz CT molecular complexity index is 2070. The van der Waals surface area contributed by atoms with E-state index in [9.17, 15) is 9.59 Å². The normalized spacial score (nSPS) is 31.3.